The Morgan fingerprint density at radius 3 is 2.41 bits per heavy atom. The predicted molar refractivity (Wildman–Crippen MR) is 98.4 cm³/mol. The summed E-state index contributed by atoms with van der Waals surface area (Å²) < 4.78 is 49.1. The highest BCUT2D eigenvalue weighted by Gasteiger charge is 2.32. The number of alkyl halides is 3. The van der Waals surface area contributed by atoms with Crippen LogP contribution in [0.4, 0.5) is 23.7 Å². The van der Waals surface area contributed by atoms with Crippen LogP contribution in [0.5, 0.6) is 0 Å². The van der Waals surface area contributed by atoms with Crippen molar-refractivity contribution in [3.05, 3.63) is 46.8 Å². The van der Waals surface area contributed by atoms with E-state index in [2.05, 4.69) is 15.8 Å². The molecule has 7 nitrogen and oxygen atoms in total. The SMILES string of the molecule is Cc1ccc(NC(=O)c2cc([C@@H](C)NC(=O)OC(C)(C)C)no2)cc1C(F)(F)F. The Bertz CT molecular complexity index is 901. The first kappa shape index (κ1) is 22.3. The molecule has 1 atom stereocenters. The summed E-state index contributed by atoms with van der Waals surface area (Å²) in [4.78, 5) is 24.1. The number of carbonyl (C=O) groups excluding carboxylic acids is 2. The van der Waals surface area contributed by atoms with Gasteiger partial charge in [-0.2, -0.15) is 13.2 Å². The Kier molecular flexibility index (Phi) is 6.24. The molecule has 0 saturated carbocycles. The lowest BCUT2D eigenvalue weighted by molar-refractivity contribution is -0.138. The molecule has 0 aliphatic heterocycles. The van der Waals surface area contributed by atoms with Crippen LogP contribution in [0, 0.1) is 6.92 Å². The van der Waals surface area contributed by atoms with Crippen molar-refractivity contribution in [2.75, 3.05) is 5.32 Å². The van der Waals surface area contributed by atoms with Gasteiger partial charge in [-0.05, 0) is 52.3 Å². The minimum atomic E-state index is -4.53. The first-order valence-electron chi connectivity index (χ1n) is 8.71. The van der Waals surface area contributed by atoms with Gasteiger partial charge in [0.1, 0.15) is 11.3 Å². The third-order valence-electron chi connectivity index (χ3n) is 3.73. The Morgan fingerprint density at radius 2 is 1.83 bits per heavy atom. The first-order chi connectivity index (χ1) is 13.3. The molecule has 0 spiro atoms. The molecule has 0 unspecified atom stereocenters. The molecule has 158 valence electrons. The molecular weight excluding hydrogens is 391 g/mol. The van der Waals surface area contributed by atoms with Gasteiger partial charge in [-0.1, -0.05) is 11.2 Å². The van der Waals surface area contributed by atoms with Crippen molar-refractivity contribution in [3.63, 3.8) is 0 Å². The largest absolute Gasteiger partial charge is 0.444 e. The van der Waals surface area contributed by atoms with Crippen molar-refractivity contribution in [1.29, 1.82) is 0 Å². The van der Waals surface area contributed by atoms with Crippen molar-refractivity contribution in [2.45, 2.75) is 52.4 Å². The number of halogens is 3. The van der Waals surface area contributed by atoms with Crippen LogP contribution in [0.15, 0.2) is 28.8 Å². The molecule has 0 bridgehead atoms. The first-order valence-corrected chi connectivity index (χ1v) is 8.71. The zero-order valence-corrected chi connectivity index (χ0v) is 16.6. The maximum Gasteiger partial charge on any atom is 0.416 e. The molecule has 2 aromatic rings. The minimum Gasteiger partial charge on any atom is -0.444 e. The molecule has 0 aliphatic rings. The highest BCUT2D eigenvalue weighted by molar-refractivity contribution is 6.02. The molecule has 10 heteroatoms. The maximum absolute atomic E-state index is 13.0. The van der Waals surface area contributed by atoms with Gasteiger partial charge in [0.2, 0.25) is 5.76 Å². The number of carbonyl (C=O) groups is 2. The van der Waals surface area contributed by atoms with E-state index < -0.39 is 35.4 Å². The second-order valence-corrected chi connectivity index (χ2v) is 7.47. The minimum absolute atomic E-state index is 0.0363. The third kappa shape index (κ3) is 6.23. The number of amides is 2. The number of ether oxygens (including phenoxy) is 1. The van der Waals surface area contributed by atoms with Crippen molar-refractivity contribution in [2.24, 2.45) is 0 Å². The van der Waals surface area contributed by atoms with Crippen LogP contribution in [0.25, 0.3) is 0 Å². The number of aromatic nitrogens is 1. The Labute approximate surface area is 165 Å². The molecular formula is C19H22F3N3O4. The van der Waals surface area contributed by atoms with E-state index in [1.165, 1.54) is 25.1 Å². The summed E-state index contributed by atoms with van der Waals surface area (Å²) in [6.07, 6.45) is -5.20. The van der Waals surface area contributed by atoms with Crippen molar-refractivity contribution in [3.8, 4) is 0 Å². The van der Waals surface area contributed by atoms with Crippen LogP contribution < -0.4 is 10.6 Å². The van der Waals surface area contributed by atoms with Gasteiger partial charge in [0.15, 0.2) is 0 Å². The van der Waals surface area contributed by atoms with Gasteiger partial charge < -0.3 is 19.9 Å². The fraction of sp³-hybridized carbons (Fsp3) is 0.421. The average molecular weight is 413 g/mol. The number of alkyl carbamates (subject to hydrolysis) is 1. The summed E-state index contributed by atoms with van der Waals surface area (Å²) in [5.74, 6) is -0.989. The number of benzene rings is 1. The van der Waals surface area contributed by atoms with Gasteiger partial charge in [-0.15, -0.1) is 0 Å². The van der Waals surface area contributed by atoms with Crippen molar-refractivity contribution < 1.29 is 32.0 Å². The number of hydrogen-bond donors (Lipinski definition) is 2. The summed E-state index contributed by atoms with van der Waals surface area (Å²) in [6.45, 7) is 8.08. The molecule has 0 aliphatic carbocycles. The smallest absolute Gasteiger partial charge is 0.416 e. The van der Waals surface area contributed by atoms with E-state index in [1.54, 1.807) is 27.7 Å². The lowest BCUT2D eigenvalue weighted by Gasteiger charge is -2.21. The zero-order chi connectivity index (χ0) is 22.0. The van der Waals surface area contributed by atoms with Crippen LogP contribution in [0.2, 0.25) is 0 Å². The molecule has 2 N–H and O–H groups in total. The Morgan fingerprint density at radius 1 is 1.17 bits per heavy atom. The summed E-state index contributed by atoms with van der Waals surface area (Å²) in [5.41, 5.74) is -1.27. The van der Waals surface area contributed by atoms with Crippen LogP contribution in [-0.4, -0.2) is 22.8 Å². The van der Waals surface area contributed by atoms with Crippen LogP contribution in [0.3, 0.4) is 0 Å². The van der Waals surface area contributed by atoms with E-state index in [-0.39, 0.29) is 22.7 Å². The summed E-state index contributed by atoms with van der Waals surface area (Å²) >= 11 is 0. The van der Waals surface area contributed by atoms with Gasteiger partial charge in [-0.3, -0.25) is 4.79 Å². The third-order valence-corrected chi connectivity index (χ3v) is 3.73. The van der Waals surface area contributed by atoms with E-state index in [4.69, 9.17) is 9.26 Å². The molecule has 2 rings (SSSR count). The number of nitrogens with zero attached hydrogens (tertiary/aromatic N) is 1. The number of anilines is 1. The Balaban J connectivity index is 2.07. The number of rotatable bonds is 4. The lowest BCUT2D eigenvalue weighted by atomic mass is 10.1. The zero-order valence-electron chi connectivity index (χ0n) is 16.6. The van der Waals surface area contributed by atoms with Crippen molar-refractivity contribution >= 4 is 17.7 Å². The van der Waals surface area contributed by atoms with Crippen LogP contribution >= 0.6 is 0 Å². The highest BCUT2D eigenvalue weighted by Crippen LogP contribution is 2.33. The standard InChI is InChI=1S/C19H22F3N3O4/c1-10-6-7-12(8-13(10)19(20,21)22)24-16(26)15-9-14(25-29-15)11(2)23-17(27)28-18(3,4)5/h6-9,11H,1-5H3,(H,23,27)(H,24,26)/t11-/m1/s1. The summed E-state index contributed by atoms with van der Waals surface area (Å²) in [7, 11) is 0. The topological polar surface area (TPSA) is 93.5 Å². The highest BCUT2D eigenvalue weighted by atomic mass is 19.4. The van der Waals surface area contributed by atoms with Crippen molar-refractivity contribution in [1.82, 2.24) is 10.5 Å². The average Bonchev–Trinajstić information content (AvgIpc) is 3.04. The summed E-state index contributed by atoms with van der Waals surface area (Å²) in [5, 5.41) is 8.60. The van der Waals surface area contributed by atoms with Gasteiger partial charge in [-0.25, -0.2) is 4.79 Å². The normalized spacial score (nSPS) is 13.0. The lowest BCUT2D eigenvalue weighted by Crippen LogP contribution is -2.34. The molecule has 1 aromatic heterocycles. The predicted octanol–water partition coefficient (Wildman–Crippen LogP) is 4.84. The van der Waals surface area contributed by atoms with E-state index in [9.17, 15) is 22.8 Å². The second-order valence-electron chi connectivity index (χ2n) is 7.47. The van der Waals surface area contributed by atoms with E-state index >= 15 is 0 Å². The molecule has 0 saturated heterocycles. The molecule has 0 fully saturated rings. The molecule has 1 heterocycles. The fourth-order valence-corrected chi connectivity index (χ4v) is 2.36. The quantitative estimate of drug-likeness (QED) is 0.748. The Hall–Kier alpha value is -3.04. The second kappa shape index (κ2) is 8.14. The summed E-state index contributed by atoms with van der Waals surface area (Å²) in [6, 6.07) is 4.13. The molecule has 2 amide bonds. The van der Waals surface area contributed by atoms with Gasteiger partial charge in [0, 0.05) is 11.8 Å². The van der Waals surface area contributed by atoms with E-state index in [1.807, 2.05) is 0 Å². The van der Waals surface area contributed by atoms with Gasteiger partial charge in [0.05, 0.1) is 11.6 Å². The number of nitrogens with one attached hydrogen (secondary N) is 2. The van der Waals surface area contributed by atoms with Crippen LogP contribution in [-0.2, 0) is 10.9 Å². The van der Waals surface area contributed by atoms with Gasteiger partial charge in [0.25, 0.3) is 5.91 Å². The number of aryl methyl sites for hydroxylation is 1. The number of hydrogen-bond acceptors (Lipinski definition) is 5. The maximum atomic E-state index is 13.0. The molecule has 0 radical (unpaired) electrons. The molecule has 1 aromatic carbocycles. The van der Waals surface area contributed by atoms with Gasteiger partial charge >= 0.3 is 12.3 Å². The van der Waals surface area contributed by atoms with E-state index in [0.717, 1.165) is 6.07 Å². The van der Waals surface area contributed by atoms with E-state index in [0.29, 0.717) is 0 Å². The monoisotopic (exact) mass is 413 g/mol. The fourth-order valence-electron chi connectivity index (χ4n) is 2.36. The molecule has 29 heavy (non-hydrogen) atoms. The van der Waals surface area contributed by atoms with Crippen LogP contribution in [0.1, 0.15) is 61.1 Å².